The summed E-state index contributed by atoms with van der Waals surface area (Å²) in [7, 11) is 0. The molecule has 1 saturated heterocycles. The molecule has 3 heteroatoms. The number of para-hydroxylation sites is 1. The summed E-state index contributed by atoms with van der Waals surface area (Å²) < 4.78 is 4.50. The fourth-order valence-electron chi connectivity index (χ4n) is 1.23. The van der Waals surface area contributed by atoms with E-state index in [1.54, 1.807) is 6.07 Å². The monoisotopic (exact) mass is 203 g/mol. The molecule has 2 heterocycles. The molecule has 0 atom stereocenters. The van der Waals surface area contributed by atoms with Gasteiger partial charge < -0.3 is 9.84 Å². The molecule has 2 aromatic rings. The van der Waals surface area contributed by atoms with Crippen molar-refractivity contribution in [3.05, 3.63) is 36.0 Å². The third-order valence-corrected chi connectivity index (χ3v) is 2.04. The molecule has 3 rings (SSSR count). The highest BCUT2D eigenvalue weighted by molar-refractivity contribution is 5.84. The lowest BCUT2D eigenvalue weighted by atomic mass is 10.2. The number of nitrogens with zero attached hydrogens (tertiary/aromatic N) is 1. The number of phenols is 1. The first-order chi connectivity index (χ1) is 7.27. The van der Waals surface area contributed by atoms with Gasteiger partial charge in [0.15, 0.2) is 0 Å². The molecule has 0 unspecified atom stereocenters. The highest BCUT2D eigenvalue weighted by atomic mass is 16.6. The lowest BCUT2D eigenvalue weighted by Crippen LogP contribution is -1.82. The summed E-state index contributed by atoms with van der Waals surface area (Å²) in [5.74, 6) is 0.246. The zero-order valence-corrected chi connectivity index (χ0v) is 8.60. The Hall–Kier alpha value is -1.61. The average molecular weight is 203 g/mol. The molecular formula is C12H13NO2. The largest absolute Gasteiger partial charge is 0.506 e. The minimum Gasteiger partial charge on any atom is -0.506 e. The van der Waals surface area contributed by atoms with Crippen molar-refractivity contribution in [3.8, 4) is 5.75 Å². The number of benzene rings is 1. The zero-order valence-electron chi connectivity index (χ0n) is 8.60. The first-order valence-corrected chi connectivity index (χ1v) is 4.90. The van der Waals surface area contributed by atoms with Gasteiger partial charge in [0, 0.05) is 11.1 Å². The van der Waals surface area contributed by atoms with Gasteiger partial charge in [-0.3, -0.25) is 0 Å². The summed E-state index contributed by atoms with van der Waals surface area (Å²) >= 11 is 0. The van der Waals surface area contributed by atoms with Crippen LogP contribution in [-0.2, 0) is 4.74 Å². The first-order valence-electron chi connectivity index (χ1n) is 4.90. The van der Waals surface area contributed by atoms with Crippen LogP contribution in [0, 0.1) is 6.92 Å². The van der Waals surface area contributed by atoms with Gasteiger partial charge in [0.25, 0.3) is 0 Å². The van der Waals surface area contributed by atoms with Gasteiger partial charge in [-0.25, -0.2) is 4.98 Å². The standard InChI is InChI=1S/C10H9NO.C2H4O/c1-7-5-6-8-3-2-4-9(12)10(8)11-7;1-2-3-1/h2-6,12H,1H3;1-2H2. The predicted octanol–water partition coefficient (Wildman–Crippen LogP) is 2.27. The summed E-state index contributed by atoms with van der Waals surface area (Å²) in [6.07, 6.45) is 0. The van der Waals surface area contributed by atoms with E-state index in [1.165, 1.54) is 0 Å². The molecule has 1 aromatic heterocycles. The van der Waals surface area contributed by atoms with Crippen molar-refractivity contribution in [1.82, 2.24) is 4.98 Å². The van der Waals surface area contributed by atoms with Crippen LogP contribution < -0.4 is 0 Å². The number of rotatable bonds is 0. The van der Waals surface area contributed by atoms with Crippen LogP contribution in [0.5, 0.6) is 5.75 Å². The van der Waals surface area contributed by atoms with E-state index < -0.39 is 0 Å². The SMILES string of the molecule is C1CO1.Cc1ccc2cccc(O)c2n1. The number of hydrogen-bond donors (Lipinski definition) is 1. The number of phenolic OH excluding ortho intramolecular Hbond substituents is 1. The van der Waals surface area contributed by atoms with E-state index in [1.807, 2.05) is 31.2 Å². The van der Waals surface area contributed by atoms with Gasteiger partial charge in [-0.05, 0) is 19.1 Å². The van der Waals surface area contributed by atoms with Crippen LogP contribution in [-0.4, -0.2) is 23.3 Å². The summed E-state index contributed by atoms with van der Waals surface area (Å²) in [5.41, 5.74) is 1.60. The summed E-state index contributed by atoms with van der Waals surface area (Å²) in [4.78, 5) is 4.23. The van der Waals surface area contributed by atoms with Crippen molar-refractivity contribution in [2.24, 2.45) is 0 Å². The summed E-state index contributed by atoms with van der Waals surface area (Å²) in [5, 5.41) is 10.4. The Labute approximate surface area is 88.3 Å². The van der Waals surface area contributed by atoms with E-state index in [2.05, 4.69) is 9.72 Å². The molecule has 0 radical (unpaired) electrons. The van der Waals surface area contributed by atoms with Crippen LogP contribution in [0.4, 0.5) is 0 Å². The number of fused-ring (bicyclic) bond motifs is 1. The number of aromatic nitrogens is 1. The minimum atomic E-state index is 0.246. The van der Waals surface area contributed by atoms with Crippen molar-refractivity contribution in [2.45, 2.75) is 6.92 Å². The van der Waals surface area contributed by atoms with Gasteiger partial charge in [0.2, 0.25) is 0 Å². The number of aromatic hydroxyl groups is 1. The Morgan fingerprint density at radius 2 is 1.93 bits per heavy atom. The highest BCUT2D eigenvalue weighted by Crippen LogP contribution is 2.21. The molecule has 1 fully saturated rings. The number of pyridine rings is 1. The van der Waals surface area contributed by atoms with Crippen molar-refractivity contribution < 1.29 is 9.84 Å². The van der Waals surface area contributed by atoms with Gasteiger partial charge >= 0.3 is 0 Å². The fraction of sp³-hybridized carbons (Fsp3) is 0.250. The Kier molecular flexibility index (Phi) is 2.83. The second-order valence-corrected chi connectivity index (χ2v) is 3.41. The van der Waals surface area contributed by atoms with Gasteiger partial charge in [-0.1, -0.05) is 18.2 Å². The number of epoxide rings is 1. The van der Waals surface area contributed by atoms with Crippen LogP contribution in [0.2, 0.25) is 0 Å². The highest BCUT2D eigenvalue weighted by Gasteiger charge is 1.98. The maximum atomic E-state index is 9.43. The Morgan fingerprint density at radius 3 is 2.60 bits per heavy atom. The number of hydrogen-bond acceptors (Lipinski definition) is 3. The molecule has 0 bridgehead atoms. The maximum Gasteiger partial charge on any atom is 0.141 e. The Balaban J connectivity index is 0.000000244. The molecule has 78 valence electrons. The van der Waals surface area contributed by atoms with Crippen LogP contribution in [0.3, 0.4) is 0 Å². The third kappa shape index (κ3) is 2.67. The lowest BCUT2D eigenvalue weighted by Gasteiger charge is -1.99. The minimum absolute atomic E-state index is 0.246. The van der Waals surface area contributed by atoms with Gasteiger partial charge in [-0.15, -0.1) is 0 Å². The molecule has 1 N–H and O–H groups in total. The Morgan fingerprint density at radius 1 is 1.20 bits per heavy atom. The van der Waals surface area contributed by atoms with Crippen molar-refractivity contribution in [3.63, 3.8) is 0 Å². The van der Waals surface area contributed by atoms with Crippen LogP contribution >= 0.6 is 0 Å². The Bertz CT molecular complexity index is 463. The molecule has 0 aliphatic carbocycles. The average Bonchev–Trinajstić information content (AvgIpc) is 3.06. The van der Waals surface area contributed by atoms with Gasteiger partial charge in [0.1, 0.15) is 11.3 Å². The maximum absolute atomic E-state index is 9.43. The fourth-order valence-corrected chi connectivity index (χ4v) is 1.23. The predicted molar refractivity (Wildman–Crippen MR) is 59.0 cm³/mol. The second kappa shape index (κ2) is 4.28. The van der Waals surface area contributed by atoms with E-state index in [9.17, 15) is 5.11 Å². The smallest absolute Gasteiger partial charge is 0.141 e. The van der Waals surface area contributed by atoms with Gasteiger partial charge in [0.05, 0.1) is 13.2 Å². The third-order valence-electron chi connectivity index (χ3n) is 2.04. The van der Waals surface area contributed by atoms with E-state index in [0.717, 1.165) is 24.3 Å². The molecule has 0 amide bonds. The molecule has 1 aliphatic rings. The van der Waals surface area contributed by atoms with Crippen molar-refractivity contribution >= 4 is 10.9 Å². The van der Waals surface area contributed by atoms with E-state index in [0.29, 0.717) is 5.52 Å². The van der Waals surface area contributed by atoms with Gasteiger partial charge in [-0.2, -0.15) is 0 Å². The summed E-state index contributed by atoms with van der Waals surface area (Å²) in [6, 6.07) is 9.28. The number of ether oxygens (including phenoxy) is 1. The lowest BCUT2D eigenvalue weighted by molar-refractivity contribution is 0.475. The zero-order chi connectivity index (χ0) is 10.7. The van der Waals surface area contributed by atoms with E-state index in [-0.39, 0.29) is 5.75 Å². The molecule has 0 spiro atoms. The molecule has 1 aliphatic heterocycles. The molecule has 1 aromatic carbocycles. The molecule has 15 heavy (non-hydrogen) atoms. The second-order valence-electron chi connectivity index (χ2n) is 3.41. The topological polar surface area (TPSA) is 45.6 Å². The van der Waals surface area contributed by atoms with E-state index in [4.69, 9.17) is 0 Å². The normalized spacial score (nSPS) is 13.1. The molecule has 0 saturated carbocycles. The summed E-state index contributed by atoms with van der Waals surface area (Å²) in [6.45, 7) is 3.91. The quantitative estimate of drug-likeness (QED) is 0.668. The van der Waals surface area contributed by atoms with Crippen LogP contribution in [0.1, 0.15) is 5.69 Å². The number of aryl methyl sites for hydroxylation is 1. The molecular weight excluding hydrogens is 190 g/mol. The van der Waals surface area contributed by atoms with E-state index >= 15 is 0 Å². The van der Waals surface area contributed by atoms with Crippen LogP contribution in [0.25, 0.3) is 10.9 Å². The van der Waals surface area contributed by atoms with Crippen molar-refractivity contribution in [2.75, 3.05) is 13.2 Å². The van der Waals surface area contributed by atoms with Crippen molar-refractivity contribution in [1.29, 1.82) is 0 Å². The molecule has 3 nitrogen and oxygen atoms in total. The van der Waals surface area contributed by atoms with Crippen LogP contribution in [0.15, 0.2) is 30.3 Å². The first kappa shape index (κ1) is 9.93.